The lowest BCUT2D eigenvalue weighted by Crippen LogP contribution is -2.11. The lowest BCUT2D eigenvalue weighted by molar-refractivity contribution is 0.0549. The second-order valence-electron chi connectivity index (χ2n) is 4.20. The highest BCUT2D eigenvalue weighted by Gasteiger charge is 2.09. The summed E-state index contributed by atoms with van der Waals surface area (Å²) >= 11 is 7.02. The van der Waals surface area contributed by atoms with Crippen LogP contribution >= 0.6 is 31.9 Å². The Morgan fingerprint density at radius 2 is 1.78 bits per heavy atom. The van der Waals surface area contributed by atoms with Crippen LogP contribution in [-0.2, 0) is 11.2 Å². The summed E-state index contributed by atoms with van der Waals surface area (Å²) in [5.74, 6) is 0.808. The molecule has 0 saturated carbocycles. The summed E-state index contributed by atoms with van der Waals surface area (Å²) in [6.45, 7) is 5.77. The van der Waals surface area contributed by atoms with E-state index in [0.29, 0.717) is 19.8 Å². The first-order chi connectivity index (χ1) is 8.54. The molecule has 5 heteroatoms. The van der Waals surface area contributed by atoms with Gasteiger partial charge in [0.2, 0.25) is 0 Å². The zero-order valence-electron chi connectivity index (χ0n) is 10.7. The summed E-state index contributed by atoms with van der Waals surface area (Å²) in [4.78, 5) is 0. The van der Waals surface area contributed by atoms with Crippen LogP contribution in [0.3, 0.4) is 0 Å². The SMILES string of the molecule is CC(C)OCCOc1c(Br)cc(CCN)cc1Br. The van der Waals surface area contributed by atoms with Gasteiger partial charge in [0.05, 0.1) is 21.7 Å². The molecule has 102 valence electrons. The molecular formula is C13H19Br2NO2. The molecule has 0 radical (unpaired) electrons. The third-order valence-corrected chi connectivity index (χ3v) is 3.45. The van der Waals surface area contributed by atoms with Gasteiger partial charge in [-0.3, -0.25) is 0 Å². The number of nitrogens with two attached hydrogens (primary N) is 1. The molecule has 1 aromatic rings. The third-order valence-electron chi connectivity index (χ3n) is 2.27. The van der Waals surface area contributed by atoms with E-state index in [2.05, 4.69) is 31.9 Å². The Morgan fingerprint density at radius 3 is 2.28 bits per heavy atom. The van der Waals surface area contributed by atoms with Gasteiger partial charge in [-0.2, -0.15) is 0 Å². The predicted octanol–water partition coefficient (Wildman–Crippen LogP) is 3.52. The summed E-state index contributed by atoms with van der Waals surface area (Å²) in [6, 6.07) is 4.08. The topological polar surface area (TPSA) is 44.5 Å². The van der Waals surface area contributed by atoms with E-state index >= 15 is 0 Å². The first-order valence-electron chi connectivity index (χ1n) is 5.97. The third kappa shape index (κ3) is 5.26. The van der Waals surface area contributed by atoms with Crippen molar-refractivity contribution in [2.45, 2.75) is 26.4 Å². The Bertz CT molecular complexity index is 360. The van der Waals surface area contributed by atoms with E-state index in [0.717, 1.165) is 21.1 Å². The van der Waals surface area contributed by atoms with Crippen molar-refractivity contribution in [3.8, 4) is 5.75 Å². The molecule has 0 aliphatic rings. The van der Waals surface area contributed by atoms with Crippen molar-refractivity contribution in [2.24, 2.45) is 5.73 Å². The van der Waals surface area contributed by atoms with Crippen molar-refractivity contribution in [3.63, 3.8) is 0 Å². The summed E-state index contributed by atoms with van der Waals surface area (Å²) in [7, 11) is 0. The summed E-state index contributed by atoms with van der Waals surface area (Å²) in [6.07, 6.45) is 1.08. The second kappa shape index (κ2) is 8.15. The molecule has 0 fully saturated rings. The quantitative estimate of drug-likeness (QED) is 0.736. The fourth-order valence-electron chi connectivity index (χ4n) is 1.49. The molecule has 0 spiro atoms. The molecule has 0 aliphatic carbocycles. The van der Waals surface area contributed by atoms with E-state index in [4.69, 9.17) is 15.2 Å². The van der Waals surface area contributed by atoms with Gasteiger partial charge in [-0.15, -0.1) is 0 Å². The van der Waals surface area contributed by atoms with E-state index in [1.54, 1.807) is 0 Å². The molecule has 0 saturated heterocycles. The molecule has 0 aliphatic heterocycles. The van der Waals surface area contributed by atoms with Gasteiger partial charge in [0, 0.05) is 0 Å². The molecule has 3 nitrogen and oxygen atoms in total. The number of ether oxygens (including phenoxy) is 2. The maximum Gasteiger partial charge on any atom is 0.147 e. The van der Waals surface area contributed by atoms with Crippen LogP contribution in [0.25, 0.3) is 0 Å². The number of rotatable bonds is 7. The van der Waals surface area contributed by atoms with Crippen molar-refractivity contribution in [2.75, 3.05) is 19.8 Å². The molecular weight excluding hydrogens is 362 g/mol. The van der Waals surface area contributed by atoms with Gasteiger partial charge >= 0.3 is 0 Å². The standard InChI is InChI=1S/C13H19Br2NO2/c1-9(2)17-5-6-18-13-11(14)7-10(3-4-16)8-12(13)15/h7-9H,3-6,16H2,1-2H3. The van der Waals surface area contributed by atoms with Crippen molar-refractivity contribution in [1.29, 1.82) is 0 Å². The van der Waals surface area contributed by atoms with E-state index in [1.165, 1.54) is 5.56 Å². The highest BCUT2D eigenvalue weighted by atomic mass is 79.9. The molecule has 0 heterocycles. The van der Waals surface area contributed by atoms with Crippen LogP contribution in [0.15, 0.2) is 21.1 Å². The van der Waals surface area contributed by atoms with Gasteiger partial charge in [-0.25, -0.2) is 0 Å². The number of halogens is 2. The minimum absolute atomic E-state index is 0.229. The Kier molecular flexibility index (Phi) is 7.22. The molecule has 0 amide bonds. The molecule has 0 aromatic heterocycles. The van der Waals surface area contributed by atoms with Gasteiger partial charge in [0.15, 0.2) is 0 Å². The highest BCUT2D eigenvalue weighted by Crippen LogP contribution is 2.34. The minimum Gasteiger partial charge on any atom is -0.489 e. The molecule has 18 heavy (non-hydrogen) atoms. The first-order valence-corrected chi connectivity index (χ1v) is 7.55. The Balaban J connectivity index is 2.60. The number of hydrogen-bond donors (Lipinski definition) is 1. The van der Waals surface area contributed by atoms with Crippen LogP contribution in [0.2, 0.25) is 0 Å². The summed E-state index contributed by atoms with van der Waals surface area (Å²) in [5, 5.41) is 0. The lowest BCUT2D eigenvalue weighted by Gasteiger charge is -2.13. The minimum atomic E-state index is 0.229. The van der Waals surface area contributed by atoms with Gasteiger partial charge in [0.25, 0.3) is 0 Å². The number of benzene rings is 1. The average Bonchev–Trinajstić information content (AvgIpc) is 2.27. The number of hydrogen-bond acceptors (Lipinski definition) is 3. The van der Waals surface area contributed by atoms with Gasteiger partial charge in [-0.05, 0) is 76.4 Å². The zero-order valence-corrected chi connectivity index (χ0v) is 13.9. The maximum absolute atomic E-state index is 5.70. The lowest BCUT2D eigenvalue weighted by atomic mass is 10.1. The van der Waals surface area contributed by atoms with E-state index in [-0.39, 0.29) is 6.10 Å². The van der Waals surface area contributed by atoms with E-state index < -0.39 is 0 Å². The van der Waals surface area contributed by atoms with Crippen molar-refractivity contribution < 1.29 is 9.47 Å². The van der Waals surface area contributed by atoms with Crippen LogP contribution in [0, 0.1) is 0 Å². The van der Waals surface area contributed by atoms with Crippen LogP contribution in [-0.4, -0.2) is 25.9 Å². The fourth-order valence-corrected chi connectivity index (χ4v) is 3.00. The monoisotopic (exact) mass is 379 g/mol. The fraction of sp³-hybridized carbons (Fsp3) is 0.538. The van der Waals surface area contributed by atoms with Crippen molar-refractivity contribution in [1.82, 2.24) is 0 Å². The van der Waals surface area contributed by atoms with Gasteiger partial charge in [0.1, 0.15) is 12.4 Å². The molecule has 0 bridgehead atoms. The van der Waals surface area contributed by atoms with Crippen LogP contribution in [0.4, 0.5) is 0 Å². The molecule has 1 aromatic carbocycles. The molecule has 0 atom stereocenters. The second-order valence-corrected chi connectivity index (χ2v) is 5.90. The van der Waals surface area contributed by atoms with E-state index in [9.17, 15) is 0 Å². The average molecular weight is 381 g/mol. The Labute approximate surface area is 125 Å². The zero-order chi connectivity index (χ0) is 13.5. The van der Waals surface area contributed by atoms with Crippen LogP contribution in [0.1, 0.15) is 19.4 Å². The van der Waals surface area contributed by atoms with Gasteiger partial charge in [-0.1, -0.05) is 0 Å². The summed E-state index contributed by atoms with van der Waals surface area (Å²) < 4.78 is 13.0. The van der Waals surface area contributed by atoms with Crippen molar-refractivity contribution in [3.05, 3.63) is 26.6 Å². The van der Waals surface area contributed by atoms with E-state index in [1.807, 2.05) is 26.0 Å². The highest BCUT2D eigenvalue weighted by molar-refractivity contribution is 9.11. The van der Waals surface area contributed by atoms with Crippen LogP contribution < -0.4 is 10.5 Å². The molecule has 1 rings (SSSR count). The van der Waals surface area contributed by atoms with Gasteiger partial charge < -0.3 is 15.2 Å². The molecule has 2 N–H and O–H groups in total. The Hall–Kier alpha value is -0.100. The first kappa shape index (κ1) is 16.0. The Morgan fingerprint density at radius 1 is 1.17 bits per heavy atom. The maximum atomic E-state index is 5.70. The smallest absolute Gasteiger partial charge is 0.147 e. The molecule has 0 unspecified atom stereocenters. The summed E-state index contributed by atoms with van der Waals surface area (Å²) in [5.41, 5.74) is 6.73. The van der Waals surface area contributed by atoms with Crippen molar-refractivity contribution >= 4 is 31.9 Å². The normalized spacial score (nSPS) is 11.0. The largest absolute Gasteiger partial charge is 0.489 e. The van der Waals surface area contributed by atoms with Crippen LogP contribution in [0.5, 0.6) is 5.75 Å². The predicted molar refractivity (Wildman–Crippen MR) is 81.2 cm³/mol.